The van der Waals surface area contributed by atoms with Gasteiger partial charge in [-0.2, -0.15) is 0 Å². The van der Waals surface area contributed by atoms with Gasteiger partial charge in [0.25, 0.3) is 0 Å². The van der Waals surface area contributed by atoms with E-state index >= 15 is 0 Å². The van der Waals surface area contributed by atoms with Gasteiger partial charge in [0.15, 0.2) is 0 Å². The number of piperidine rings is 1. The van der Waals surface area contributed by atoms with Crippen LogP contribution in [0.3, 0.4) is 0 Å². The van der Waals surface area contributed by atoms with Gasteiger partial charge in [0.1, 0.15) is 6.04 Å². The maximum atomic E-state index is 12.1. The average molecular weight is 315 g/mol. The van der Waals surface area contributed by atoms with E-state index in [9.17, 15) is 9.59 Å². The number of hydrogen-bond acceptors (Lipinski definition) is 2. The van der Waals surface area contributed by atoms with Gasteiger partial charge in [0.05, 0.1) is 0 Å². The van der Waals surface area contributed by atoms with Gasteiger partial charge >= 0.3 is 6.03 Å². The van der Waals surface area contributed by atoms with Crippen LogP contribution in [-0.4, -0.2) is 31.1 Å². The summed E-state index contributed by atoms with van der Waals surface area (Å²) in [6, 6.07) is 9.81. The normalized spacial score (nSPS) is 22.6. The van der Waals surface area contributed by atoms with Crippen LogP contribution < -0.4 is 16.0 Å². The van der Waals surface area contributed by atoms with Crippen LogP contribution in [0.1, 0.15) is 37.7 Å². The molecule has 3 amide bonds. The largest absolute Gasteiger partial charge is 0.354 e. The first-order chi connectivity index (χ1) is 11.2. The molecule has 1 saturated heterocycles. The second kappa shape index (κ2) is 7.02. The number of benzene rings is 1. The highest BCUT2D eigenvalue weighted by atomic mass is 16.2. The fraction of sp³-hybridized carbons (Fsp3) is 0.556. The molecule has 5 heteroatoms. The van der Waals surface area contributed by atoms with Crippen molar-refractivity contribution in [3.63, 3.8) is 0 Å². The van der Waals surface area contributed by atoms with Gasteiger partial charge in [-0.15, -0.1) is 0 Å². The van der Waals surface area contributed by atoms with Gasteiger partial charge in [0, 0.05) is 13.1 Å². The molecule has 3 rings (SSSR count). The van der Waals surface area contributed by atoms with Gasteiger partial charge in [-0.1, -0.05) is 36.8 Å². The van der Waals surface area contributed by atoms with Crippen LogP contribution in [0.4, 0.5) is 4.79 Å². The Labute approximate surface area is 137 Å². The van der Waals surface area contributed by atoms with E-state index in [1.165, 1.54) is 12.0 Å². The summed E-state index contributed by atoms with van der Waals surface area (Å²) < 4.78 is 0. The number of rotatable bonds is 5. The summed E-state index contributed by atoms with van der Waals surface area (Å²) in [5, 5.41) is 8.56. The number of hydrogen-bond donors (Lipinski definition) is 3. The van der Waals surface area contributed by atoms with Gasteiger partial charge < -0.3 is 16.0 Å². The first kappa shape index (κ1) is 15.8. The van der Waals surface area contributed by atoms with Crippen molar-refractivity contribution in [2.75, 3.05) is 13.1 Å². The van der Waals surface area contributed by atoms with E-state index in [-0.39, 0.29) is 17.4 Å². The molecule has 23 heavy (non-hydrogen) atoms. The van der Waals surface area contributed by atoms with Crippen LogP contribution in [0.5, 0.6) is 0 Å². The summed E-state index contributed by atoms with van der Waals surface area (Å²) in [6.45, 7) is 1.38. The zero-order valence-corrected chi connectivity index (χ0v) is 13.4. The predicted octanol–water partition coefficient (Wildman–Crippen LogP) is 1.98. The fourth-order valence-corrected chi connectivity index (χ4v) is 3.51. The lowest BCUT2D eigenvalue weighted by Crippen LogP contribution is -2.54. The fourth-order valence-electron chi connectivity index (χ4n) is 3.51. The van der Waals surface area contributed by atoms with Gasteiger partial charge in [0.2, 0.25) is 5.91 Å². The predicted molar refractivity (Wildman–Crippen MR) is 89.0 cm³/mol. The van der Waals surface area contributed by atoms with Crippen LogP contribution in [-0.2, 0) is 11.2 Å². The minimum Gasteiger partial charge on any atom is -0.354 e. The molecule has 1 aromatic rings. The molecule has 1 heterocycles. The van der Waals surface area contributed by atoms with E-state index in [1.807, 2.05) is 6.07 Å². The quantitative estimate of drug-likeness (QED) is 0.777. The van der Waals surface area contributed by atoms with E-state index in [4.69, 9.17) is 0 Å². The first-order valence-corrected chi connectivity index (χ1v) is 8.53. The van der Waals surface area contributed by atoms with Crippen LogP contribution in [0.2, 0.25) is 0 Å². The van der Waals surface area contributed by atoms with Crippen molar-refractivity contribution < 1.29 is 9.59 Å². The molecule has 0 aromatic heterocycles. The molecule has 0 spiro atoms. The Balaban J connectivity index is 1.49. The molecule has 5 nitrogen and oxygen atoms in total. The average Bonchev–Trinajstić information content (AvgIpc) is 2.53. The maximum absolute atomic E-state index is 12.1. The summed E-state index contributed by atoms with van der Waals surface area (Å²) in [7, 11) is 0. The molecule has 1 aliphatic heterocycles. The lowest BCUT2D eigenvalue weighted by atomic mass is 9.65. The van der Waals surface area contributed by atoms with Crippen molar-refractivity contribution in [2.45, 2.75) is 44.6 Å². The molecule has 0 unspecified atom stereocenters. The SMILES string of the molecule is O=C(NCC1(Cc2ccccc2)CCC1)N[C@@H]1CCCNC1=O. The highest BCUT2D eigenvalue weighted by Gasteiger charge is 2.37. The molecule has 0 radical (unpaired) electrons. The summed E-state index contributed by atoms with van der Waals surface area (Å²) in [6.07, 6.45) is 6.14. The van der Waals surface area contributed by atoms with Crippen LogP contribution in [0.25, 0.3) is 0 Å². The van der Waals surface area contributed by atoms with Crippen LogP contribution in [0, 0.1) is 5.41 Å². The molecule has 3 N–H and O–H groups in total. The molecule has 124 valence electrons. The van der Waals surface area contributed by atoms with Crippen molar-refractivity contribution in [1.82, 2.24) is 16.0 Å². The Hall–Kier alpha value is -2.04. The van der Waals surface area contributed by atoms with Crippen molar-refractivity contribution in [3.8, 4) is 0 Å². The number of amides is 3. The third kappa shape index (κ3) is 4.03. The Bertz CT molecular complexity index is 555. The minimum absolute atomic E-state index is 0.0750. The highest BCUT2D eigenvalue weighted by molar-refractivity contribution is 5.87. The maximum Gasteiger partial charge on any atom is 0.315 e. The van der Waals surface area contributed by atoms with E-state index in [0.29, 0.717) is 19.5 Å². The highest BCUT2D eigenvalue weighted by Crippen LogP contribution is 2.43. The molecule has 0 bridgehead atoms. The molecule has 2 fully saturated rings. The van der Waals surface area contributed by atoms with Gasteiger partial charge in [-0.05, 0) is 43.1 Å². The topological polar surface area (TPSA) is 70.2 Å². The molecular weight excluding hydrogens is 290 g/mol. The van der Waals surface area contributed by atoms with Crippen molar-refractivity contribution in [1.29, 1.82) is 0 Å². The van der Waals surface area contributed by atoms with E-state index in [2.05, 4.69) is 40.2 Å². The molecular formula is C18H25N3O2. The molecule has 1 saturated carbocycles. The molecule has 1 aliphatic carbocycles. The molecule has 2 aliphatic rings. The zero-order chi connectivity index (χ0) is 16.1. The van der Waals surface area contributed by atoms with Crippen LogP contribution >= 0.6 is 0 Å². The smallest absolute Gasteiger partial charge is 0.315 e. The third-order valence-electron chi connectivity index (χ3n) is 5.05. The number of carbonyl (C=O) groups is 2. The monoisotopic (exact) mass is 315 g/mol. The van der Waals surface area contributed by atoms with Crippen molar-refractivity contribution in [3.05, 3.63) is 35.9 Å². The lowest BCUT2D eigenvalue weighted by Gasteiger charge is -2.42. The summed E-state index contributed by atoms with van der Waals surface area (Å²) >= 11 is 0. The second-order valence-corrected chi connectivity index (χ2v) is 6.83. The third-order valence-corrected chi connectivity index (χ3v) is 5.05. The lowest BCUT2D eigenvalue weighted by molar-refractivity contribution is -0.124. The Morgan fingerprint density at radius 1 is 1.22 bits per heavy atom. The van der Waals surface area contributed by atoms with Crippen molar-refractivity contribution >= 4 is 11.9 Å². The zero-order valence-electron chi connectivity index (χ0n) is 13.4. The Morgan fingerprint density at radius 2 is 2.00 bits per heavy atom. The standard InChI is InChI=1S/C18H25N3O2/c22-16-15(8-4-11-19-16)21-17(23)20-13-18(9-5-10-18)12-14-6-2-1-3-7-14/h1-3,6-7,15H,4-5,8-13H2,(H,19,22)(H2,20,21,23)/t15-/m1/s1. The summed E-state index contributed by atoms with van der Waals surface area (Å²) in [5.41, 5.74) is 1.49. The Kier molecular flexibility index (Phi) is 4.84. The number of urea groups is 1. The second-order valence-electron chi connectivity index (χ2n) is 6.83. The molecule has 1 aromatic carbocycles. The number of carbonyl (C=O) groups excluding carboxylic acids is 2. The first-order valence-electron chi connectivity index (χ1n) is 8.53. The summed E-state index contributed by atoms with van der Waals surface area (Å²) in [5.74, 6) is -0.0750. The Morgan fingerprint density at radius 3 is 2.65 bits per heavy atom. The minimum atomic E-state index is -0.393. The van der Waals surface area contributed by atoms with E-state index < -0.39 is 6.04 Å². The van der Waals surface area contributed by atoms with Gasteiger partial charge in [-0.3, -0.25) is 4.79 Å². The summed E-state index contributed by atoms with van der Waals surface area (Å²) in [4.78, 5) is 23.8. The number of nitrogens with one attached hydrogen (secondary N) is 3. The van der Waals surface area contributed by atoms with E-state index in [0.717, 1.165) is 25.7 Å². The van der Waals surface area contributed by atoms with Gasteiger partial charge in [-0.25, -0.2) is 4.79 Å². The molecule has 1 atom stereocenters. The van der Waals surface area contributed by atoms with Crippen molar-refractivity contribution in [2.24, 2.45) is 5.41 Å². The van der Waals surface area contributed by atoms with Crippen LogP contribution in [0.15, 0.2) is 30.3 Å². The van der Waals surface area contributed by atoms with E-state index in [1.54, 1.807) is 0 Å².